The minimum atomic E-state index is -2.55. The van der Waals surface area contributed by atoms with Crippen LogP contribution in [0.1, 0.15) is 26.2 Å². The molecule has 1 N–H and O–H groups in total. The molecule has 7 heteroatoms. The van der Waals surface area contributed by atoms with E-state index in [1.165, 1.54) is 6.33 Å². The van der Waals surface area contributed by atoms with E-state index in [4.69, 9.17) is 14.2 Å². The Labute approximate surface area is 106 Å². The molecule has 0 aliphatic heterocycles. The lowest BCUT2D eigenvalue weighted by atomic mass is 10.0. The molecule has 0 aromatic carbocycles. The van der Waals surface area contributed by atoms with Crippen molar-refractivity contribution in [3.8, 4) is 5.88 Å². The second kappa shape index (κ2) is 6.18. The van der Waals surface area contributed by atoms with E-state index in [-0.39, 0.29) is 18.1 Å². The van der Waals surface area contributed by atoms with Gasteiger partial charge in [0.25, 0.3) is 0 Å². The fraction of sp³-hybridized carbons (Fsp3) is 0.636. The summed E-state index contributed by atoms with van der Waals surface area (Å²) in [4.78, 5) is 16.6. The van der Waals surface area contributed by atoms with E-state index in [1.807, 2.05) is 6.92 Å². The third-order valence-electron chi connectivity index (χ3n) is 3.18. The van der Waals surface area contributed by atoms with Crippen molar-refractivity contribution in [1.29, 1.82) is 0 Å². The Morgan fingerprint density at radius 2 is 2.39 bits per heavy atom. The molecule has 6 nitrogen and oxygen atoms in total. The maximum absolute atomic E-state index is 10.7. The van der Waals surface area contributed by atoms with Crippen LogP contribution in [0, 0.1) is 5.92 Å². The summed E-state index contributed by atoms with van der Waals surface area (Å²) in [5, 5.41) is 0. The summed E-state index contributed by atoms with van der Waals surface area (Å²) in [6.07, 6.45) is 5.14. The minimum Gasteiger partial charge on any atom is -0.474 e. The summed E-state index contributed by atoms with van der Waals surface area (Å²) in [7, 11) is -2.55. The van der Waals surface area contributed by atoms with Crippen LogP contribution in [0.2, 0.25) is 0 Å². The van der Waals surface area contributed by atoms with Crippen LogP contribution in [0.25, 0.3) is 0 Å². The molecule has 0 bridgehead atoms. The summed E-state index contributed by atoms with van der Waals surface area (Å²) in [6, 6.07) is 1.70. The average Bonchev–Trinajstić information content (AvgIpc) is 2.71. The smallest absolute Gasteiger partial charge is 0.474 e. The van der Waals surface area contributed by atoms with Crippen molar-refractivity contribution in [2.45, 2.75) is 38.4 Å². The fourth-order valence-corrected chi connectivity index (χ4v) is 2.82. The van der Waals surface area contributed by atoms with Crippen LogP contribution in [0.15, 0.2) is 18.6 Å². The molecular weight excluding hydrogens is 255 g/mol. The Hall–Kier alpha value is -1.10. The number of aromatic nitrogens is 2. The normalized spacial score (nSPS) is 28.1. The molecule has 18 heavy (non-hydrogen) atoms. The first-order valence-corrected chi connectivity index (χ1v) is 7.07. The highest BCUT2D eigenvalue weighted by Gasteiger charge is 2.40. The lowest BCUT2D eigenvalue weighted by molar-refractivity contribution is 0.138. The van der Waals surface area contributed by atoms with E-state index in [1.54, 1.807) is 12.3 Å². The van der Waals surface area contributed by atoms with Gasteiger partial charge in [0.1, 0.15) is 18.5 Å². The van der Waals surface area contributed by atoms with Crippen LogP contribution in [0.5, 0.6) is 5.88 Å². The molecule has 1 unspecified atom stereocenters. The molecule has 4 atom stereocenters. The Morgan fingerprint density at radius 3 is 3.00 bits per heavy atom. The van der Waals surface area contributed by atoms with Crippen molar-refractivity contribution < 1.29 is 18.7 Å². The Morgan fingerprint density at radius 1 is 1.56 bits per heavy atom. The van der Waals surface area contributed by atoms with Gasteiger partial charge in [0.2, 0.25) is 5.88 Å². The Bertz CT molecular complexity index is 403. The van der Waals surface area contributed by atoms with Crippen LogP contribution in [0.3, 0.4) is 0 Å². The molecular formula is C11H16N2O4P+. The van der Waals surface area contributed by atoms with Gasteiger partial charge in [-0.25, -0.2) is 9.97 Å². The Kier molecular flexibility index (Phi) is 4.58. The fourth-order valence-electron chi connectivity index (χ4n) is 2.33. The molecule has 1 saturated carbocycles. The first-order valence-electron chi connectivity index (χ1n) is 5.94. The number of hydrogen-bond donors (Lipinski definition) is 1. The predicted octanol–water partition coefficient (Wildman–Crippen LogP) is 2.08. The molecule has 1 aliphatic carbocycles. The van der Waals surface area contributed by atoms with Gasteiger partial charge in [-0.2, -0.15) is 0 Å². The van der Waals surface area contributed by atoms with Crippen molar-refractivity contribution >= 4 is 8.25 Å². The highest BCUT2D eigenvalue weighted by molar-refractivity contribution is 7.32. The van der Waals surface area contributed by atoms with Gasteiger partial charge in [0.15, 0.2) is 0 Å². The van der Waals surface area contributed by atoms with Crippen molar-refractivity contribution in [1.82, 2.24) is 9.97 Å². The maximum atomic E-state index is 10.7. The molecule has 0 radical (unpaired) electrons. The van der Waals surface area contributed by atoms with Crippen molar-refractivity contribution in [2.24, 2.45) is 5.92 Å². The molecule has 2 rings (SSSR count). The minimum absolute atomic E-state index is 0.0233. The molecule has 0 spiro atoms. The van der Waals surface area contributed by atoms with Crippen molar-refractivity contribution in [2.75, 3.05) is 0 Å². The van der Waals surface area contributed by atoms with Crippen molar-refractivity contribution in [3.05, 3.63) is 18.6 Å². The number of rotatable bonds is 5. The second-order valence-corrected chi connectivity index (χ2v) is 5.00. The first kappa shape index (κ1) is 13.3. The highest BCUT2D eigenvalue weighted by atomic mass is 31.1. The SMILES string of the molecule is CC[C@H]1C[C@@H](Oc2ccncn2)C[C@@H]1O[P+](=O)O. The molecule has 1 aliphatic rings. The van der Waals surface area contributed by atoms with Crippen LogP contribution in [0.4, 0.5) is 0 Å². The van der Waals surface area contributed by atoms with E-state index in [0.29, 0.717) is 12.3 Å². The number of ether oxygens (including phenoxy) is 1. The third-order valence-corrected chi connectivity index (χ3v) is 3.63. The predicted molar refractivity (Wildman–Crippen MR) is 64.2 cm³/mol. The molecule has 98 valence electrons. The maximum Gasteiger partial charge on any atom is 0.695 e. The van der Waals surface area contributed by atoms with E-state index in [9.17, 15) is 4.57 Å². The molecule has 1 heterocycles. The van der Waals surface area contributed by atoms with Gasteiger partial charge >= 0.3 is 8.25 Å². The highest BCUT2D eigenvalue weighted by Crippen LogP contribution is 2.37. The summed E-state index contributed by atoms with van der Waals surface area (Å²) in [5.74, 6) is 0.779. The van der Waals surface area contributed by atoms with Gasteiger partial charge in [-0.1, -0.05) is 13.3 Å². The van der Waals surface area contributed by atoms with E-state index in [0.717, 1.165) is 12.8 Å². The zero-order valence-corrected chi connectivity index (χ0v) is 11.0. The van der Waals surface area contributed by atoms with Crippen LogP contribution >= 0.6 is 8.25 Å². The molecule has 1 fully saturated rings. The number of hydrogen-bond acceptors (Lipinski definition) is 5. The molecule has 1 aromatic rings. The largest absolute Gasteiger partial charge is 0.695 e. The van der Waals surface area contributed by atoms with Gasteiger partial charge < -0.3 is 4.74 Å². The van der Waals surface area contributed by atoms with Crippen molar-refractivity contribution in [3.63, 3.8) is 0 Å². The van der Waals surface area contributed by atoms with Gasteiger partial charge in [-0.05, 0) is 12.3 Å². The first-order chi connectivity index (χ1) is 8.69. The van der Waals surface area contributed by atoms with E-state index in [2.05, 4.69) is 9.97 Å². The zero-order chi connectivity index (χ0) is 13.0. The van der Waals surface area contributed by atoms with Gasteiger partial charge in [0.05, 0.1) is 0 Å². The topological polar surface area (TPSA) is 81.5 Å². The van der Waals surface area contributed by atoms with Crippen LogP contribution in [-0.4, -0.2) is 27.1 Å². The van der Waals surface area contributed by atoms with E-state index >= 15 is 0 Å². The van der Waals surface area contributed by atoms with Gasteiger partial charge in [-0.15, -0.1) is 9.42 Å². The standard InChI is InChI=1S/C11H15N2O4P/c1-2-8-5-9(6-10(8)17-18(14)15)16-11-3-4-12-7-13-11/h3-4,7-10H,2,5-6H2,1H3/p+1/t8-,9+,10-/m0/s1. The Balaban J connectivity index is 1.94. The second-order valence-electron chi connectivity index (χ2n) is 4.31. The summed E-state index contributed by atoms with van der Waals surface area (Å²) >= 11 is 0. The molecule has 0 saturated heterocycles. The average molecular weight is 271 g/mol. The third kappa shape index (κ3) is 3.45. The molecule has 0 amide bonds. The van der Waals surface area contributed by atoms with Gasteiger partial charge in [0, 0.05) is 23.2 Å². The van der Waals surface area contributed by atoms with Gasteiger partial charge in [-0.3, -0.25) is 0 Å². The van der Waals surface area contributed by atoms with Crippen LogP contribution in [-0.2, 0) is 9.09 Å². The molecule has 1 aromatic heterocycles. The summed E-state index contributed by atoms with van der Waals surface area (Å²) < 4.78 is 21.5. The monoisotopic (exact) mass is 271 g/mol. The lowest BCUT2D eigenvalue weighted by Gasteiger charge is -2.11. The summed E-state index contributed by atoms with van der Waals surface area (Å²) in [5.41, 5.74) is 0. The van der Waals surface area contributed by atoms with Crippen LogP contribution < -0.4 is 4.74 Å². The zero-order valence-electron chi connectivity index (χ0n) is 10.1. The van der Waals surface area contributed by atoms with E-state index < -0.39 is 8.25 Å². The number of nitrogens with zero attached hydrogens (tertiary/aromatic N) is 2. The quantitative estimate of drug-likeness (QED) is 0.826. The lowest BCUT2D eigenvalue weighted by Crippen LogP contribution is -2.15. The summed E-state index contributed by atoms with van der Waals surface area (Å²) in [6.45, 7) is 2.04.